The summed E-state index contributed by atoms with van der Waals surface area (Å²) in [5, 5.41) is 0. The third kappa shape index (κ3) is 4.67. The van der Waals surface area contributed by atoms with Crippen LogP contribution in [-0.4, -0.2) is 17.5 Å². The molecule has 22 heavy (non-hydrogen) atoms. The minimum Gasteiger partial charge on any atom is -0.366 e. The molecule has 0 aromatic carbocycles. The van der Waals surface area contributed by atoms with Gasteiger partial charge in [0.15, 0.2) is 5.78 Å². The zero-order valence-electron chi connectivity index (χ0n) is 14.6. The molecule has 1 fully saturated rings. The molecule has 3 atom stereocenters. The van der Waals surface area contributed by atoms with Crippen molar-refractivity contribution in [3.63, 3.8) is 0 Å². The van der Waals surface area contributed by atoms with Gasteiger partial charge in [0.1, 0.15) is 0 Å². The summed E-state index contributed by atoms with van der Waals surface area (Å²) in [5.41, 5.74) is 3.60. The quantitative estimate of drug-likeness (QED) is 0.495. The van der Waals surface area contributed by atoms with E-state index in [-0.39, 0.29) is 17.5 Å². The van der Waals surface area contributed by atoms with Crippen molar-refractivity contribution in [2.24, 2.45) is 5.92 Å². The number of rotatable bonds is 1. The van der Waals surface area contributed by atoms with Crippen LogP contribution in [0.4, 0.5) is 0 Å². The van der Waals surface area contributed by atoms with Crippen LogP contribution in [0.5, 0.6) is 0 Å². The molecular formula is C20H30O2. The minimum absolute atomic E-state index is 0.201. The number of ketones is 1. The van der Waals surface area contributed by atoms with Gasteiger partial charge in [-0.05, 0) is 71.8 Å². The second-order valence-corrected chi connectivity index (χ2v) is 7.46. The number of allylic oxidation sites excluding steroid dienone is 5. The molecule has 0 aromatic rings. The minimum atomic E-state index is -0.253. The van der Waals surface area contributed by atoms with Crippen LogP contribution >= 0.6 is 0 Å². The van der Waals surface area contributed by atoms with E-state index in [1.807, 2.05) is 6.08 Å². The topological polar surface area (TPSA) is 29.6 Å². The average Bonchev–Trinajstić information content (AvgIpc) is 3.02. The van der Waals surface area contributed by atoms with Gasteiger partial charge in [0, 0.05) is 6.42 Å². The molecule has 0 spiro atoms. The molecule has 0 unspecified atom stereocenters. The van der Waals surface area contributed by atoms with Gasteiger partial charge in [-0.1, -0.05) is 29.4 Å². The molecule has 0 saturated carbocycles. The number of carbonyl (C=O) groups is 1. The molecule has 0 bridgehead atoms. The van der Waals surface area contributed by atoms with Gasteiger partial charge in [-0.25, -0.2) is 0 Å². The maximum atomic E-state index is 12.2. The molecule has 2 heteroatoms. The summed E-state index contributed by atoms with van der Waals surface area (Å²) >= 11 is 0. The van der Waals surface area contributed by atoms with E-state index in [9.17, 15) is 4.79 Å². The molecule has 2 nitrogen and oxygen atoms in total. The summed E-state index contributed by atoms with van der Waals surface area (Å²) in [6.07, 6.45) is 10.1. The maximum absolute atomic E-state index is 12.2. The third-order valence-corrected chi connectivity index (χ3v) is 5.08. The second-order valence-electron chi connectivity index (χ2n) is 7.46. The van der Waals surface area contributed by atoms with E-state index in [4.69, 9.17) is 4.74 Å². The van der Waals surface area contributed by atoms with E-state index in [2.05, 4.69) is 40.3 Å². The predicted molar refractivity (Wildman–Crippen MR) is 91.8 cm³/mol. The van der Waals surface area contributed by atoms with Gasteiger partial charge in [0.05, 0.1) is 11.7 Å². The van der Waals surface area contributed by atoms with E-state index >= 15 is 0 Å². The van der Waals surface area contributed by atoms with Crippen LogP contribution in [0.15, 0.2) is 35.5 Å². The summed E-state index contributed by atoms with van der Waals surface area (Å²) in [6, 6.07) is 0. The first-order chi connectivity index (χ1) is 10.3. The summed E-state index contributed by atoms with van der Waals surface area (Å²) in [4.78, 5) is 12.2. The van der Waals surface area contributed by atoms with E-state index in [0.717, 1.165) is 32.1 Å². The summed E-state index contributed by atoms with van der Waals surface area (Å²) < 4.78 is 5.89. The van der Waals surface area contributed by atoms with Crippen LogP contribution in [0.25, 0.3) is 0 Å². The zero-order valence-corrected chi connectivity index (χ0v) is 14.6. The first-order valence-corrected chi connectivity index (χ1v) is 8.49. The van der Waals surface area contributed by atoms with Crippen molar-refractivity contribution in [1.29, 1.82) is 0 Å². The first kappa shape index (κ1) is 17.2. The SMILES string of the molecule is C=C(C)[C@H]1CC/C(C)=C/CC/C(C)=C/C(=O)C[C@]2(C)O[C@H]2C1. The normalized spacial score (nSPS) is 38.8. The van der Waals surface area contributed by atoms with Gasteiger partial charge in [0.25, 0.3) is 0 Å². The fraction of sp³-hybridized carbons (Fsp3) is 0.650. The molecule has 1 heterocycles. The van der Waals surface area contributed by atoms with Gasteiger partial charge in [-0.15, -0.1) is 0 Å². The lowest BCUT2D eigenvalue weighted by Gasteiger charge is -2.17. The molecular weight excluding hydrogens is 272 g/mol. The highest BCUT2D eigenvalue weighted by Gasteiger charge is 2.53. The number of hydrogen-bond acceptors (Lipinski definition) is 2. The first-order valence-electron chi connectivity index (χ1n) is 8.49. The molecule has 2 aliphatic rings. The smallest absolute Gasteiger partial charge is 0.158 e. The average molecular weight is 302 g/mol. The predicted octanol–water partition coefficient (Wildman–Crippen LogP) is 5.15. The van der Waals surface area contributed by atoms with E-state index < -0.39 is 0 Å². The van der Waals surface area contributed by atoms with Gasteiger partial charge >= 0.3 is 0 Å². The number of epoxide rings is 1. The Balaban J connectivity index is 2.13. The lowest BCUT2D eigenvalue weighted by Crippen LogP contribution is -2.18. The lowest BCUT2D eigenvalue weighted by atomic mass is 9.86. The van der Waals surface area contributed by atoms with Crippen molar-refractivity contribution in [2.75, 3.05) is 0 Å². The van der Waals surface area contributed by atoms with E-state index in [0.29, 0.717) is 12.3 Å². The third-order valence-electron chi connectivity index (χ3n) is 5.08. The van der Waals surface area contributed by atoms with Crippen LogP contribution in [0.3, 0.4) is 0 Å². The molecule has 1 saturated heterocycles. The Morgan fingerprint density at radius 3 is 2.73 bits per heavy atom. The van der Waals surface area contributed by atoms with Crippen molar-refractivity contribution in [3.05, 3.63) is 35.5 Å². The van der Waals surface area contributed by atoms with Gasteiger partial charge in [-0.2, -0.15) is 0 Å². The van der Waals surface area contributed by atoms with Crippen LogP contribution in [0, 0.1) is 5.92 Å². The number of carbonyl (C=O) groups excluding carboxylic acids is 1. The van der Waals surface area contributed by atoms with Crippen molar-refractivity contribution in [2.45, 2.75) is 77.9 Å². The summed E-state index contributed by atoms with van der Waals surface area (Å²) in [6.45, 7) is 12.6. The van der Waals surface area contributed by atoms with Crippen molar-refractivity contribution in [3.8, 4) is 0 Å². The number of ether oxygens (including phenoxy) is 1. The monoisotopic (exact) mass is 302 g/mol. The highest BCUT2D eigenvalue weighted by molar-refractivity contribution is 5.91. The van der Waals surface area contributed by atoms with Gasteiger partial charge in [0.2, 0.25) is 0 Å². The molecule has 122 valence electrons. The Kier molecular flexibility index (Phi) is 5.44. The van der Waals surface area contributed by atoms with Gasteiger partial charge < -0.3 is 4.74 Å². The highest BCUT2D eigenvalue weighted by Crippen LogP contribution is 2.45. The fourth-order valence-electron chi connectivity index (χ4n) is 3.36. The van der Waals surface area contributed by atoms with Crippen LogP contribution < -0.4 is 0 Å². The molecule has 0 aromatic heterocycles. The Morgan fingerprint density at radius 2 is 2.05 bits per heavy atom. The highest BCUT2D eigenvalue weighted by atomic mass is 16.6. The van der Waals surface area contributed by atoms with Crippen LogP contribution in [0.2, 0.25) is 0 Å². The molecule has 0 N–H and O–H groups in total. The van der Waals surface area contributed by atoms with Crippen molar-refractivity contribution < 1.29 is 9.53 Å². The fourth-order valence-corrected chi connectivity index (χ4v) is 3.36. The van der Waals surface area contributed by atoms with E-state index in [1.54, 1.807) is 0 Å². The molecule has 0 radical (unpaired) electrons. The summed E-state index contributed by atoms with van der Waals surface area (Å²) in [5.74, 6) is 0.692. The van der Waals surface area contributed by atoms with Crippen molar-refractivity contribution in [1.82, 2.24) is 0 Å². The molecule has 0 amide bonds. The molecule has 1 aliphatic carbocycles. The zero-order chi connectivity index (χ0) is 16.3. The Morgan fingerprint density at radius 1 is 1.32 bits per heavy atom. The van der Waals surface area contributed by atoms with Crippen LogP contribution in [0.1, 0.15) is 66.2 Å². The second kappa shape index (κ2) is 6.95. The molecule has 1 aliphatic heterocycles. The Hall–Kier alpha value is -1.15. The molecule has 2 rings (SSSR count). The van der Waals surface area contributed by atoms with Gasteiger partial charge in [-0.3, -0.25) is 4.79 Å². The van der Waals surface area contributed by atoms with Crippen LogP contribution in [-0.2, 0) is 9.53 Å². The largest absolute Gasteiger partial charge is 0.366 e. The Labute approximate surface area is 135 Å². The Bertz CT molecular complexity index is 512. The standard InChI is InChI=1S/C20H30O2/c1-14(2)17-10-9-15(3)7-6-8-16(4)11-18(21)13-20(5)19(12-17)22-20/h7,11,17,19H,1,6,8-10,12-13H2,2-5H3/b15-7+,16-11+/t17-,19-,20-/m0/s1. The lowest BCUT2D eigenvalue weighted by molar-refractivity contribution is -0.115. The summed E-state index contributed by atoms with van der Waals surface area (Å²) in [7, 11) is 0. The number of fused-ring (bicyclic) bond motifs is 1. The van der Waals surface area contributed by atoms with E-state index in [1.165, 1.54) is 16.7 Å². The maximum Gasteiger partial charge on any atom is 0.158 e. The van der Waals surface area contributed by atoms with Crippen molar-refractivity contribution >= 4 is 5.78 Å². The number of hydrogen-bond donors (Lipinski definition) is 0.